The molecule has 104 valence electrons. The normalized spacial score (nSPS) is 10.9. The Kier molecular flexibility index (Phi) is 4.02. The molecule has 0 aliphatic rings. The number of tetrazole rings is 1. The van der Waals surface area contributed by atoms with E-state index in [1.807, 2.05) is 54.6 Å². The maximum Gasteiger partial charge on any atom is 0.143 e. The van der Waals surface area contributed by atoms with Crippen molar-refractivity contribution in [1.29, 1.82) is 0 Å². The summed E-state index contributed by atoms with van der Waals surface area (Å²) >= 11 is 0. The van der Waals surface area contributed by atoms with E-state index < -0.39 is 0 Å². The number of rotatable bonds is 5. The Morgan fingerprint density at radius 1 is 1.05 bits per heavy atom. The summed E-state index contributed by atoms with van der Waals surface area (Å²) in [5, 5.41) is 11.1. The van der Waals surface area contributed by atoms with Crippen molar-refractivity contribution in [2.24, 2.45) is 0 Å². The molecule has 5 heteroatoms. The van der Waals surface area contributed by atoms with Gasteiger partial charge >= 0.3 is 0 Å². The second-order valence-electron chi connectivity index (χ2n) is 4.38. The van der Waals surface area contributed by atoms with Gasteiger partial charge in [-0.05, 0) is 34.2 Å². The van der Waals surface area contributed by atoms with Crippen LogP contribution < -0.4 is 4.74 Å². The fourth-order valence-corrected chi connectivity index (χ4v) is 1.89. The summed E-state index contributed by atoms with van der Waals surface area (Å²) < 4.78 is 7.29. The van der Waals surface area contributed by atoms with Gasteiger partial charge in [-0.2, -0.15) is 0 Å². The molecular weight excluding hydrogens is 264 g/mol. The third-order valence-corrected chi connectivity index (χ3v) is 2.89. The maximum absolute atomic E-state index is 5.70. The van der Waals surface area contributed by atoms with Crippen LogP contribution in [0.25, 0.3) is 11.8 Å². The second-order valence-corrected chi connectivity index (χ2v) is 4.38. The van der Waals surface area contributed by atoms with Gasteiger partial charge in [0.1, 0.15) is 18.7 Å². The van der Waals surface area contributed by atoms with Crippen molar-refractivity contribution in [1.82, 2.24) is 20.2 Å². The highest BCUT2D eigenvalue weighted by molar-refractivity contribution is 5.48. The summed E-state index contributed by atoms with van der Waals surface area (Å²) in [5.41, 5.74) is 2.02. The number of nitrogens with zero attached hydrogens (tertiary/aromatic N) is 4. The molecule has 3 aromatic rings. The molecule has 0 amide bonds. The minimum Gasteiger partial charge on any atom is -0.489 e. The number of hydrogen-bond acceptors (Lipinski definition) is 4. The van der Waals surface area contributed by atoms with Crippen LogP contribution in [-0.2, 0) is 0 Å². The first-order valence-corrected chi connectivity index (χ1v) is 6.60. The average molecular weight is 278 g/mol. The molecule has 0 aliphatic carbocycles. The molecule has 0 fully saturated rings. The predicted molar refractivity (Wildman–Crippen MR) is 80.1 cm³/mol. The van der Waals surface area contributed by atoms with Crippen LogP contribution in [-0.4, -0.2) is 26.8 Å². The Morgan fingerprint density at radius 3 is 2.76 bits per heavy atom. The molecule has 0 spiro atoms. The quantitative estimate of drug-likeness (QED) is 0.720. The van der Waals surface area contributed by atoms with Gasteiger partial charge in [0.05, 0.1) is 5.69 Å². The van der Waals surface area contributed by atoms with E-state index in [2.05, 4.69) is 27.7 Å². The zero-order chi connectivity index (χ0) is 14.3. The van der Waals surface area contributed by atoms with Gasteiger partial charge < -0.3 is 4.74 Å². The van der Waals surface area contributed by atoms with Crippen LogP contribution in [0.3, 0.4) is 0 Å². The van der Waals surface area contributed by atoms with Crippen LogP contribution in [0.1, 0.15) is 5.56 Å². The minimum atomic E-state index is 0.508. The summed E-state index contributed by atoms with van der Waals surface area (Å²) in [4.78, 5) is 0. The molecule has 0 N–H and O–H groups in total. The van der Waals surface area contributed by atoms with Crippen molar-refractivity contribution >= 4 is 6.08 Å². The monoisotopic (exact) mass is 278 g/mol. The second kappa shape index (κ2) is 6.47. The van der Waals surface area contributed by atoms with Crippen LogP contribution in [0.15, 0.2) is 67.0 Å². The SMILES string of the molecule is C(=C\c1ccccc1)/COc1cccc(-n2cnnn2)c1. The van der Waals surface area contributed by atoms with E-state index in [0.29, 0.717) is 6.61 Å². The van der Waals surface area contributed by atoms with Crippen molar-refractivity contribution in [3.63, 3.8) is 0 Å². The van der Waals surface area contributed by atoms with Crippen molar-refractivity contribution < 1.29 is 4.74 Å². The molecule has 5 nitrogen and oxygen atoms in total. The Balaban J connectivity index is 1.61. The van der Waals surface area contributed by atoms with Crippen LogP contribution in [0.4, 0.5) is 0 Å². The smallest absolute Gasteiger partial charge is 0.143 e. The van der Waals surface area contributed by atoms with Gasteiger partial charge in [-0.3, -0.25) is 0 Å². The third-order valence-electron chi connectivity index (χ3n) is 2.89. The Bertz CT molecular complexity index is 708. The average Bonchev–Trinajstić information content (AvgIpc) is 3.07. The highest BCUT2D eigenvalue weighted by atomic mass is 16.5. The molecule has 0 saturated carbocycles. The van der Waals surface area contributed by atoms with Crippen LogP contribution in [0, 0.1) is 0 Å². The van der Waals surface area contributed by atoms with E-state index in [9.17, 15) is 0 Å². The molecule has 0 radical (unpaired) electrons. The molecule has 0 atom stereocenters. The Hall–Kier alpha value is -2.95. The van der Waals surface area contributed by atoms with Gasteiger partial charge in [0, 0.05) is 6.07 Å². The molecule has 0 unspecified atom stereocenters. The summed E-state index contributed by atoms with van der Waals surface area (Å²) in [6.07, 6.45) is 5.57. The Morgan fingerprint density at radius 2 is 1.95 bits per heavy atom. The molecule has 1 aromatic heterocycles. The third kappa shape index (κ3) is 3.54. The van der Waals surface area contributed by atoms with Gasteiger partial charge in [0.2, 0.25) is 0 Å². The van der Waals surface area contributed by atoms with Gasteiger partial charge in [0.15, 0.2) is 0 Å². The Labute approximate surface area is 122 Å². The lowest BCUT2D eigenvalue weighted by molar-refractivity contribution is 0.363. The lowest BCUT2D eigenvalue weighted by atomic mass is 10.2. The van der Waals surface area contributed by atoms with E-state index in [0.717, 1.165) is 17.0 Å². The zero-order valence-electron chi connectivity index (χ0n) is 11.3. The topological polar surface area (TPSA) is 52.8 Å². The molecule has 0 bridgehead atoms. The van der Waals surface area contributed by atoms with Crippen molar-refractivity contribution in [3.05, 3.63) is 72.6 Å². The van der Waals surface area contributed by atoms with Gasteiger partial charge in [-0.1, -0.05) is 42.5 Å². The van der Waals surface area contributed by atoms with E-state index in [1.165, 1.54) is 0 Å². The van der Waals surface area contributed by atoms with Gasteiger partial charge in [0.25, 0.3) is 0 Å². The molecule has 21 heavy (non-hydrogen) atoms. The molecular formula is C16H14N4O. The minimum absolute atomic E-state index is 0.508. The fourth-order valence-electron chi connectivity index (χ4n) is 1.89. The van der Waals surface area contributed by atoms with E-state index in [4.69, 9.17) is 4.74 Å². The number of hydrogen-bond donors (Lipinski definition) is 0. The van der Waals surface area contributed by atoms with Crippen molar-refractivity contribution in [2.45, 2.75) is 0 Å². The molecule has 0 aliphatic heterocycles. The van der Waals surface area contributed by atoms with Crippen LogP contribution in [0.5, 0.6) is 5.75 Å². The number of ether oxygens (including phenoxy) is 1. The molecule has 1 heterocycles. The largest absolute Gasteiger partial charge is 0.489 e. The number of benzene rings is 2. The first-order chi connectivity index (χ1) is 10.4. The maximum atomic E-state index is 5.70. The van der Waals surface area contributed by atoms with E-state index in [1.54, 1.807) is 11.0 Å². The number of aromatic nitrogens is 4. The van der Waals surface area contributed by atoms with Crippen molar-refractivity contribution in [2.75, 3.05) is 6.61 Å². The fraction of sp³-hybridized carbons (Fsp3) is 0.0625. The highest BCUT2D eigenvalue weighted by Crippen LogP contribution is 2.15. The van der Waals surface area contributed by atoms with Gasteiger partial charge in [-0.25, -0.2) is 4.68 Å². The first kappa shape index (κ1) is 13.1. The summed E-state index contributed by atoms with van der Waals surface area (Å²) in [6.45, 7) is 0.508. The lowest BCUT2D eigenvalue weighted by Crippen LogP contribution is -1.97. The summed E-state index contributed by atoms with van der Waals surface area (Å²) in [5.74, 6) is 0.778. The summed E-state index contributed by atoms with van der Waals surface area (Å²) in [6, 6.07) is 17.8. The van der Waals surface area contributed by atoms with Gasteiger partial charge in [-0.15, -0.1) is 5.10 Å². The molecule has 0 saturated heterocycles. The lowest BCUT2D eigenvalue weighted by Gasteiger charge is -2.05. The van der Waals surface area contributed by atoms with E-state index in [-0.39, 0.29) is 0 Å². The van der Waals surface area contributed by atoms with E-state index >= 15 is 0 Å². The van der Waals surface area contributed by atoms with Crippen LogP contribution in [0.2, 0.25) is 0 Å². The standard InChI is InChI=1S/C16H14N4O/c1-2-6-14(7-3-1)8-5-11-21-16-10-4-9-15(12-16)20-13-17-18-19-20/h1-10,12-13H,11H2/b8-5+. The molecule has 2 aromatic carbocycles. The highest BCUT2D eigenvalue weighted by Gasteiger charge is 1.99. The molecule has 3 rings (SSSR count). The predicted octanol–water partition coefficient (Wildman–Crippen LogP) is 2.75. The van der Waals surface area contributed by atoms with Crippen LogP contribution >= 0.6 is 0 Å². The zero-order valence-corrected chi connectivity index (χ0v) is 11.3. The first-order valence-electron chi connectivity index (χ1n) is 6.60. The van der Waals surface area contributed by atoms with Crippen molar-refractivity contribution in [3.8, 4) is 11.4 Å². The summed E-state index contributed by atoms with van der Waals surface area (Å²) in [7, 11) is 0.